The topological polar surface area (TPSA) is 200 Å². The summed E-state index contributed by atoms with van der Waals surface area (Å²) in [5.74, 6) is -3.37. The third-order valence-electron chi connectivity index (χ3n) is 7.12. The number of ether oxygens (including phenoxy) is 1. The highest BCUT2D eigenvalue weighted by molar-refractivity contribution is 8.16. The van der Waals surface area contributed by atoms with Crippen LogP contribution < -0.4 is 10.6 Å². The average Bonchev–Trinajstić information content (AvgIpc) is 3.63. The maximum atomic E-state index is 13.6. The smallest absolute Gasteiger partial charge is 0.352 e. The molecule has 3 unspecified atom stereocenters. The largest absolute Gasteiger partial charge is 0.477 e. The number of nitrogens with zero attached hydrogens (tertiary/aromatic N) is 3. The molecule has 15 nitrogen and oxygen atoms in total. The number of hydrogen-bond donors (Lipinski definition) is 3. The molecule has 4 aliphatic rings. The predicted octanol–water partition coefficient (Wildman–Crippen LogP) is -0.521. The van der Waals surface area contributed by atoms with Crippen LogP contribution in [0, 0.1) is 0 Å². The van der Waals surface area contributed by atoms with Crippen molar-refractivity contribution in [3.8, 4) is 0 Å². The van der Waals surface area contributed by atoms with Crippen molar-refractivity contribution in [1.82, 2.24) is 25.3 Å². The summed E-state index contributed by atoms with van der Waals surface area (Å²) in [6.45, 7) is 0.859. The molecule has 0 aliphatic carbocycles. The summed E-state index contributed by atoms with van der Waals surface area (Å²) in [6, 6.07) is 3.79. The number of amides is 4. The van der Waals surface area contributed by atoms with Crippen molar-refractivity contribution in [3.63, 3.8) is 0 Å². The van der Waals surface area contributed by atoms with Gasteiger partial charge in [0.05, 0.1) is 0 Å². The number of β-lactam (4-membered cyclic amide) rings is 1. The fourth-order valence-electron chi connectivity index (χ4n) is 5.11. The van der Waals surface area contributed by atoms with Gasteiger partial charge in [-0.05, 0) is 11.0 Å². The van der Waals surface area contributed by atoms with E-state index in [9.17, 15) is 42.3 Å². The number of nitrogens with one attached hydrogen (secondary N) is 2. The third kappa shape index (κ3) is 5.97. The Balaban J connectivity index is 1.34. The van der Waals surface area contributed by atoms with E-state index in [0.717, 1.165) is 21.6 Å². The lowest BCUT2D eigenvalue weighted by Gasteiger charge is -2.49. The van der Waals surface area contributed by atoms with E-state index in [-0.39, 0.29) is 41.8 Å². The lowest BCUT2D eigenvalue weighted by atomic mass is 10.0. The molecule has 4 amide bonds. The molecule has 2 fully saturated rings. The van der Waals surface area contributed by atoms with Gasteiger partial charge in [-0.15, -0.1) is 11.8 Å². The number of esters is 1. The second-order valence-electron chi connectivity index (χ2n) is 9.80. The highest BCUT2D eigenvalue weighted by Gasteiger charge is 2.54. The van der Waals surface area contributed by atoms with Crippen LogP contribution in [0.25, 0.3) is 0 Å². The molecular formula is C26H25N5O10S3. The van der Waals surface area contributed by atoms with Crippen LogP contribution in [0.3, 0.4) is 0 Å². The van der Waals surface area contributed by atoms with Crippen molar-refractivity contribution in [3.05, 3.63) is 58.6 Å². The van der Waals surface area contributed by atoms with Crippen LogP contribution in [-0.4, -0.2) is 111 Å². The first-order valence-corrected chi connectivity index (χ1v) is 16.1. The van der Waals surface area contributed by atoms with Gasteiger partial charge in [-0.3, -0.25) is 29.0 Å². The van der Waals surface area contributed by atoms with Crippen molar-refractivity contribution in [2.45, 2.75) is 30.4 Å². The molecule has 5 rings (SSSR count). The lowest BCUT2D eigenvalue weighted by molar-refractivity contribution is -0.151. The van der Waals surface area contributed by atoms with E-state index in [1.165, 1.54) is 29.7 Å². The van der Waals surface area contributed by atoms with Gasteiger partial charge in [0.15, 0.2) is 0 Å². The van der Waals surface area contributed by atoms with E-state index in [1.54, 1.807) is 35.7 Å². The molecule has 4 aliphatic heterocycles. The SMILES string of the molecule is CC(=O)OCC1=C(C(=O)O)N2C(=O)C(NC(=O)C(NC(=O)N3CCN(C4C=CSC4=O)C3=S(=O)=O)c3ccccc3)[C@@H]2SC1. The maximum absolute atomic E-state index is 13.6. The van der Waals surface area contributed by atoms with Crippen molar-refractivity contribution in [1.29, 1.82) is 0 Å². The Labute approximate surface area is 260 Å². The van der Waals surface area contributed by atoms with Gasteiger partial charge in [-0.1, -0.05) is 48.2 Å². The molecule has 4 atom stereocenters. The summed E-state index contributed by atoms with van der Waals surface area (Å²) in [4.78, 5) is 78.9. The van der Waals surface area contributed by atoms with Gasteiger partial charge in [-0.25, -0.2) is 14.5 Å². The van der Waals surface area contributed by atoms with Crippen molar-refractivity contribution in [2.75, 3.05) is 25.4 Å². The monoisotopic (exact) mass is 663 g/mol. The lowest BCUT2D eigenvalue weighted by Crippen LogP contribution is -2.71. The van der Waals surface area contributed by atoms with Crippen molar-refractivity contribution < 1.29 is 47.0 Å². The fourth-order valence-corrected chi connectivity index (χ4v) is 7.90. The molecule has 2 saturated heterocycles. The quantitative estimate of drug-likeness (QED) is 0.183. The molecule has 1 aromatic rings. The number of hydrogen-bond acceptors (Lipinski definition) is 11. The second kappa shape index (κ2) is 12.8. The number of carbonyl (C=O) groups is 6. The molecule has 0 spiro atoms. The molecule has 232 valence electrons. The maximum Gasteiger partial charge on any atom is 0.352 e. The Morgan fingerprint density at radius 2 is 1.86 bits per heavy atom. The van der Waals surface area contributed by atoms with Gasteiger partial charge in [-0.2, -0.15) is 8.42 Å². The number of carboxylic acid groups (broad SMARTS) is 1. The first-order chi connectivity index (χ1) is 21.0. The highest BCUT2D eigenvalue weighted by atomic mass is 32.2. The Hall–Kier alpha value is -4.13. The Morgan fingerprint density at radius 3 is 2.48 bits per heavy atom. The zero-order valence-corrected chi connectivity index (χ0v) is 25.3. The summed E-state index contributed by atoms with van der Waals surface area (Å²) in [5, 5.41) is 15.0. The number of carbonyl (C=O) groups excluding carboxylic acids is 5. The van der Waals surface area contributed by atoms with Crippen LogP contribution in [0.15, 0.2) is 53.1 Å². The normalized spacial score (nSPS) is 23.7. The van der Waals surface area contributed by atoms with Crippen LogP contribution in [0.4, 0.5) is 4.79 Å². The summed E-state index contributed by atoms with van der Waals surface area (Å²) in [7, 11) is -2.90. The Bertz CT molecular complexity index is 1640. The molecule has 3 N–H and O–H groups in total. The number of carboxylic acids is 1. The number of fused-ring (bicyclic) bond motifs is 1. The average molecular weight is 664 g/mol. The Morgan fingerprint density at radius 1 is 1.14 bits per heavy atom. The summed E-state index contributed by atoms with van der Waals surface area (Å²) in [6.07, 6.45) is 1.54. The van der Waals surface area contributed by atoms with Crippen molar-refractivity contribution >= 4 is 73.8 Å². The van der Waals surface area contributed by atoms with Gasteiger partial charge in [0.2, 0.25) is 16.1 Å². The van der Waals surface area contributed by atoms with Gasteiger partial charge in [0, 0.05) is 31.3 Å². The van der Waals surface area contributed by atoms with Crippen LogP contribution in [0.5, 0.6) is 0 Å². The van der Waals surface area contributed by atoms with Gasteiger partial charge in [0.1, 0.15) is 35.8 Å². The predicted molar refractivity (Wildman–Crippen MR) is 157 cm³/mol. The molecule has 4 heterocycles. The van der Waals surface area contributed by atoms with Gasteiger partial charge in [0.25, 0.3) is 16.2 Å². The summed E-state index contributed by atoms with van der Waals surface area (Å²) < 4.78 is 29.3. The van der Waals surface area contributed by atoms with E-state index < -0.39 is 68.7 Å². The van der Waals surface area contributed by atoms with Gasteiger partial charge < -0.3 is 20.5 Å². The zero-order valence-electron chi connectivity index (χ0n) is 22.9. The molecule has 18 heteroatoms. The van der Waals surface area contributed by atoms with Crippen LogP contribution in [-0.2, 0) is 39.0 Å². The number of rotatable bonds is 8. The minimum absolute atomic E-state index is 0.0599. The summed E-state index contributed by atoms with van der Waals surface area (Å²) >= 11 is 2.09. The highest BCUT2D eigenvalue weighted by Crippen LogP contribution is 2.40. The standard InChI is InChI=1S/C26H25N5O10S3/c1-13(32)41-11-15-12-43-22-18(21(34)31(22)19(15)23(35)36)27-20(33)17(14-5-3-2-4-6-14)28-25(38)30-9-8-29(26(30)44(39)40)16-7-10-42-24(16)37/h2-7,10,16-18,22H,8-9,11-12H2,1H3,(H,27,33)(H,28,38)(H,35,36)/t16?,17?,18?,22-/m0/s1. The third-order valence-corrected chi connectivity index (χ3v) is 9.98. The number of benzene rings is 1. The van der Waals surface area contributed by atoms with Crippen LogP contribution in [0.1, 0.15) is 18.5 Å². The van der Waals surface area contributed by atoms with Crippen LogP contribution in [0.2, 0.25) is 0 Å². The fraction of sp³-hybridized carbons (Fsp3) is 0.346. The minimum Gasteiger partial charge on any atom is -0.477 e. The Kier molecular flexibility index (Phi) is 9.14. The molecular weight excluding hydrogens is 639 g/mol. The summed E-state index contributed by atoms with van der Waals surface area (Å²) in [5.41, 5.74) is 0.247. The molecule has 1 aromatic carbocycles. The molecule has 0 radical (unpaired) electrons. The zero-order chi connectivity index (χ0) is 31.7. The van der Waals surface area contributed by atoms with E-state index in [0.29, 0.717) is 5.56 Å². The van der Waals surface area contributed by atoms with Gasteiger partial charge >= 0.3 is 18.0 Å². The van der Waals surface area contributed by atoms with E-state index >= 15 is 0 Å². The van der Waals surface area contributed by atoms with E-state index in [2.05, 4.69) is 10.6 Å². The number of urea groups is 1. The first-order valence-electron chi connectivity index (χ1n) is 13.1. The second-order valence-corrected chi connectivity index (χ2v) is 12.6. The molecule has 0 aromatic heterocycles. The van der Waals surface area contributed by atoms with E-state index in [1.807, 2.05) is 0 Å². The first kappa shape index (κ1) is 31.3. The van der Waals surface area contributed by atoms with Crippen LogP contribution >= 0.6 is 23.5 Å². The molecule has 0 bridgehead atoms. The number of aliphatic carboxylic acids is 1. The number of thioether (sulfide) groups is 2. The molecule has 0 saturated carbocycles. The minimum atomic E-state index is -2.90. The van der Waals surface area contributed by atoms with Crippen molar-refractivity contribution in [2.24, 2.45) is 0 Å². The van der Waals surface area contributed by atoms with E-state index in [4.69, 9.17) is 4.74 Å². The molecule has 44 heavy (non-hydrogen) atoms.